The van der Waals surface area contributed by atoms with Crippen LogP contribution in [0.25, 0.3) is 0 Å². The molecule has 0 atom stereocenters. The van der Waals surface area contributed by atoms with E-state index in [1.165, 1.54) is 11.8 Å². The van der Waals surface area contributed by atoms with Crippen LogP contribution in [0.4, 0.5) is 0 Å². The number of carbonyl (C=O) groups is 1. The number of halogens is 1. The van der Waals surface area contributed by atoms with Gasteiger partial charge in [-0.05, 0) is 36.6 Å². The highest BCUT2D eigenvalue weighted by molar-refractivity contribution is 7.99. The Morgan fingerprint density at radius 3 is 2.72 bits per heavy atom. The summed E-state index contributed by atoms with van der Waals surface area (Å²) in [6.45, 7) is 2.66. The number of aryl methyl sites for hydroxylation is 1. The molecule has 1 aromatic heterocycles. The fourth-order valence-electron chi connectivity index (χ4n) is 3.11. The molecule has 2 aromatic rings. The molecule has 0 amide bonds. The third-order valence-electron chi connectivity index (χ3n) is 4.63. The molecule has 2 N–H and O–H groups in total. The fraction of sp³-hybridized carbons (Fsp3) is 0.500. The van der Waals surface area contributed by atoms with E-state index in [0.717, 1.165) is 30.7 Å². The fourth-order valence-corrected chi connectivity index (χ4v) is 4.37. The molecule has 0 bridgehead atoms. The SMILES string of the molecule is CCCCc1nc(SCCCCO)c(C(=O)O)n1Cc1cc2c(cc1Cl)OCO2. The van der Waals surface area contributed by atoms with E-state index in [4.69, 9.17) is 26.2 Å². The zero-order valence-corrected chi connectivity index (χ0v) is 17.9. The van der Waals surface area contributed by atoms with E-state index in [0.29, 0.717) is 46.7 Å². The molecule has 3 rings (SSSR count). The molecular formula is C20H25ClN2O5S. The van der Waals surface area contributed by atoms with Gasteiger partial charge < -0.3 is 24.3 Å². The molecule has 0 unspecified atom stereocenters. The Morgan fingerprint density at radius 1 is 1.28 bits per heavy atom. The zero-order valence-electron chi connectivity index (χ0n) is 16.3. The second kappa shape index (κ2) is 10.2. The maximum absolute atomic E-state index is 12.1. The molecule has 2 heterocycles. The van der Waals surface area contributed by atoms with Crippen LogP contribution in [0.2, 0.25) is 5.02 Å². The van der Waals surface area contributed by atoms with Crippen LogP contribution in [0.3, 0.4) is 0 Å². The third kappa shape index (κ3) is 5.18. The predicted molar refractivity (Wildman–Crippen MR) is 112 cm³/mol. The van der Waals surface area contributed by atoms with Crippen LogP contribution in [0, 0.1) is 0 Å². The first kappa shape index (κ1) is 21.8. The van der Waals surface area contributed by atoms with Crippen molar-refractivity contribution in [3.8, 4) is 11.5 Å². The number of nitrogens with zero attached hydrogens (tertiary/aromatic N) is 2. The number of aromatic nitrogens is 2. The molecule has 0 saturated heterocycles. The van der Waals surface area contributed by atoms with Crippen molar-refractivity contribution in [2.45, 2.75) is 50.6 Å². The first-order valence-electron chi connectivity index (χ1n) is 9.69. The van der Waals surface area contributed by atoms with E-state index in [1.54, 1.807) is 16.7 Å². The minimum Gasteiger partial charge on any atom is -0.476 e. The molecule has 0 radical (unpaired) electrons. The molecule has 0 spiro atoms. The number of carboxylic acid groups (broad SMARTS) is 1. The summed E-state index contributed by atoms with van der Waals surface area (Å²) < 4.78 is 12.5. The average molecular weight is 441 g/mol. The molecule has 7 nitrogen and oxygen atoms in total. The van der Waals surface area contributed by atoms with Crippen LogP contribution < -0.4 is 9.47 Å². The molecular weight excluding hydrogens is 416 g/mol. The lowest BCUT2D eigenvalue weighted by Gasteiger charge is -2.12. The second-order valence-electron chi connectivity index (χ2n) is 6.75. The number of carboxylic acids is 1. The van der Waals surface area contributed by atoms with Crippen LogP contribution in [-0.2, 0) is 13.0 Å². The molecule has 0 fully saturated rings. The molecule has 0 saturated carbocycles. The van der Waals surface area contributed by atoms with Crippen molar-refractivity contribution in [1.29, 1.82) is 0 Å². The van der Waals surface area contributed by atoms with Gasteiger partial charge in [-0.25, -0.2) is 9.78 Å². The van der Waals surface area contributed by atoms with Crippen molar-refractivity contribution in [1.82, 2.24) is 9.55 Å². The number of hydrogen-bond acceptors (Lipinski definition) is 6. The number of aliphatic hydroxyl groups is 1. The minimum atomic E-state index is -1.01. The smallest absolute Gasteiger partial charge is 0.355 e. The van der Waals surface area contributed by atoms with E-state index in [2.05, 4.69) is 11.9 Å². The Bertz CT molecular complexity index is 871. The van der Waals surface area contributed by atoms with Gasteiger partial charge in [-0.3, -0.25) is 0 Å². The standard InChI is InChI=1S/C20H25ClN2O5S/c1-2-3-6-17-22-19(29-8-5-4-7-24)18(20(25)26)23(17)11-13-9-15-16(10-14(13)21)28-12-27-15/h9-10,24H,2-8,11-12H2,1H3,(H,25,26). The first-order valence-corrected chi connectivity index (χ1v) is 11.1. The summed E-state index contributed by atoms with van der Waals surface area (Å²) in [6, 6.07) is 3.50. The van der Waals surface area contributed by atoms with Crippen LogP contribution >= 0.6 is 23.4 Å². The number of rotatable bonds is 11. The van der Waals surface area contributed by atoms with Crippen LogP contribution in [-0.4, -0.2) is 44.9 Å². The topological polar surface area (TPSA) is 93.8 Å². The molecule has 0 aliphatic carbocycles. The average Bonchev–Trinajstić information content (AvgIpc) is 3.28. The molecule has 1 aliphatic rings. The summed E-state index contributed by atoms with van der Waals surface area (Å²) in [5.41, 5.74) is 0.934. The summed E-state index contributed by atoms with van der Waals surface area (Å²) in [5, 5.41) is 19.9. The number of aliphatic hydroxyl groups excluding tert-OH is 1. The van der Waals surface area contributed by atoms with Gasteiger partial charge in [0, 0.05) is 24.1 Å². The second-order valence-corrected chi connectivity index (χ2v) is 8.24. The Labute approximate surface area is 179 Å². The van der Waals surface area contributed by atoms with Crippen LogP contribution in [0.15, 0.2) is 17.2 Å². The van der Waals surface area contributed by atoms with E-state index in [-0.39, 0.29) is 19.1 Å². The van der Waals surface area contributed by atoms with Crippen molar-refractivity contribution in [3.63, 3.8) is 0 Å². The monoisotopic (exact) mass is 440 g/mol. The lowest BCUT2D eigenvalue weighted by Crippen LogP contribution is -2.13. The molecule has 1 aromatic carbocycles. The van der Waals surface area contributed by atoms with Gasteiger partial charge in [0.05, 0.1) is 6.54 Å². The van der Waals surface area contributed by atoms with Crippen LogP contribution in [0.1, 0.15) is 54.5 Å². The zero-order chi connectivity index (χ0) is 20.8. The van der Waals surface area contributed by atoms with Crippen molar-refractivity contribution in [3.05, 3.63) is 34.2 Å². The summed E-state index contributed by atoms with van der Waals surface area (Å²) in [5.74, 6) is 1.63. The van der Waals surface area contributed by atoms with E-state index >= 15 is 0 Å². The minimum absolute atomic E-state index is 0.130. The summed E-state index contributed by atoms with van der Waals surface area (Å²) >= 11 is 7.84. The Balaban J connectivity index is 1.94. The predicted octanol–water partition coefficient (Wildman–Crippen LogP) is 4.22. The van der Waals surface area contributed by atoms with E-state index in [9.17, 15) is 9.90 Å². The highest BCUT2D eigenvalue weighted by atomic mass is 35.5. The number of unbranched alkanes of at least 4 members (excludes halogenated alkanes) is 2. The lowest BCUT2D eigenvalue weighted by molar-refractivity contribution is 0.0681. The highest BCUT2D eigenvalue weighted by Crippen LogP contribution is 2.37. The van der Waals surface area contributed by atoms with Crippen molar-refractivity contribution in [2.75, 3.05) is 19.2 Å². The normalized spacial score (nSPS) is 12.5. The summed E-state index contributed by atoms with van der Waals surface area (Å²) in [6.07, 6.45) is 4.08. The number of benzene rings is 1. The first-order chi connectivity index (χ1) is 14.0. The van der Waals surface area contributed by atoms with Gasteiger partial charge in [-0.1, -0.05) is 24.9 Å². The number of hydrogen-bond donors (Lipinski definition) is 2. The Kier molecular flexibility index (Phi) is 7.69. The van der Waals surface area contributed by atoms with Gasteiger partial charge in [0.15, 0.2) is 17.2 Å². The Morgan fingerprint density at radius 2 is 2.03 bits per heavy atom. The van der Waals surface area contributed by atoms with Crippen molar-refractivity contribution < 1.29 is 24.5 Å². The molecule has 158 valence electrons. The quantitative estimate of drug-likeness (QED) is 0.399. The van der Waals surface area contributed by atoms with Gasteiger partial charge >= 0.3 is 5.97 Å². The van der Waals surface area contributed by atoms with Gasteiger partial charge in [0.1, 0.15) is 10.9 Å². The lowest BCUT2D eigenvalue weighted by atomic mass is 10.2. The van der Waals surface area contributed by atoms with Crippen molar-refractivity contribution >= 4 is 29.3 Å². The van der Waals surface area contributed by atoms with Gasteiger partial charge in [0.25, 0.3) is 0 Å². The number of imidazole rings is 1. The van der Waals surface area contributed by atoms with Crippen LogP contribution in [0.5, 0.6) is 11.5 Å². The number of aromatic carboxylic acids is 1. The molecule has 9 heteroatoms. The third-order valence-corrected chi connectivity index (χ3v) is 6.04. The summed E-state index contributed by atoms with van der Waals surface area (Å²) in [7, 11) is 0. The van der Waals surface area contributed by atoms with Gasteiger partial charge in [-0.2, -0.15) is 0 Å². The molecule has 29 heavy (non-hydrogen) atoms. The maximum Gasteiger partial charge on any atom is 0.355 e. The van der Waals surface area contributed by atoms with Gasteiger partial charge in [-0.15, -0.1) is 11.8 Å². The Hall–Kier alpha value is -1.90. The highest BCUT2D eigenvalue weighted by Gasteiger charge is 2.24. The van der Waals surface area contributed by atoms with E-state index in [1.807, 2.05) is 0 Å². The number of thioether (sulfide) groups is 1. The van der Waals surface area contributed by atoms with Crippen molar-refractivity contribution in [2.24, 2.45) is 0 Å². The van der Waals surface area contributed by atoms with E-state index < -0.39 is 5.97 Å². The molecule has 1 aliphatic heterocycles. The largest absolute Gasteiger partial charge is 0.476 e. The van der Waals surface area contributed by atoms with Gasteiger partial charge in [0.2, 0.25) is 6.79 Å². The number of fused-ring (bicyclic) bond motifs is 1. The summed E-state index contributed by atoms with van der Waals surface area (Å²) in [4.78, 5) is 16.7. The maximum atomic E-state index is 12.1. The number of ether oxygens (including phenoxy) is 2.